The molecule has 0 radical (unpaired) electrons. The van der Waals surface area contributed by atoms with Crippen molar-refractivity contribution in [1.82, 2.24) is 5.32 Å². The number of sulfone groups is 1. The number of rotatable bonds is 6. The maximum atomic E-state index is 11.2. The van der Waals surface area contributed by atoms with E-state index in [1.807, 2.05) is 42.5 Å². The second-order valence-electron chi connectivity index (χ2n) is 4.44. The van der Waals surface area contributed by atoms with E-state index in [4.69, 9.17) is 4.42 Å². The lowest BCUT2D eigenvalue weighted by atomic mass is 10.0. The molecule has 1 heterocycles. The van der Waals surface area contributed by atoms with Gasteiger partial charge in [0, 0.05) is 12.8 Å². The van der Waals surface area contributed by atoms with Crippen LogP contribution < -0.4 is 5.32 Å². The summed E-state index contributed by atoms with van der Waals surface area (Å²) in [5.41, 5.74) is 1.05. The van der Waals surface area contributed by atoms with E-state index in [2.05, 4.69) is 5.32 Å². The van der Waals surface area contributed by atoms with E-state index in [1.54, 1.807) is 6.26 Å². The Morgan fingerprint density at radius 1 is 1.16 bits per heavy atom. The van der Waals surface area contributed by atoms with E-state index in [-0.39, 0.29) is 11.8 Å². The Hall–Kier alpha value is -1.59. The van der Waals surface area contributed by atoms with Gasteiger partial charge in [-0.2, -0.15) is 0 Å². The predicted octanol–water partition coefficient (Wildman–Crippen LogP) is 2.00. The van der Waals surface area contributed by atoms with Crippen molar-refractivity contribution in [2.45, 2.75) is 6.04 Å². The molecule has 0 aliphatic heterocycles. The fraction of sp³-hybridized carbons (Fsp3) is 0.286. The molecule has 2 rings (SSSR count). The summed E-state index contributed by atoms with van der Waals surface area (Å²) in [4.78, 5) is 0. The molecular formula is C14H17NO3S. The van der Waals surface area contributed by atoms with Gasteiger partial charge in [-0.3, -0.25) is 0 Å². The van der Waals surface area contributed by atoms with Crippen molar-refractivity contribution in [2.75, 3.05) is 18.6 Å². The van der Waals surface area contributed by atoms with E-state index < -0.39 is 9.84 Å². The normalized spacial score (nSPS) is 13.3. The highest BCUT2D eigenvalue weighted by atomic mass is 32.2. The second-order valence-corrected chi connectivity index (χ2v) is 6.70. The summed E-state index contributed by atoms with van der Waals surface area (Å²) in [5.74, 6) is 0.886. The van der Waals surface area contributed by atoms with Crippen LogP contribution in [0.25, 0.3) is 0 Å². The van der Waals surface area contributed by atoms with Crippen LogP contribution in [0.5, 0.6) is 0 Å². The van der Waals surface area contributed by atoms with Crippen LogP contribution in [-0.4, -0.2) is 27.0 Å². The second kappa shape index (κ2) is 6.04. The number of nitrogens with one attached hydrogen (secondary N) is 1. The molecular weight excluding hydrogens is 262 g/mol. The lowest BCUT2D eigenvalue weighted by molar-refractivity contribution is 0.452. The summed E-state index contributed by atoms with van der Waals surface area (Å²) in [5, 5.41) is 3.22. The van der Waals surface area contributed by atoms with Gasteiger partial charge >= 0.3 is 0 Å². The maximum Gasteiger partial charge on any atom is 0.148 e. The number of hydrogen-bond donors (Lipinski definition) is 1. The van der Waals surface area contributed by atoms with Crippen molar-refractivity contribution < 1.29 is 12.8 Å². The summed E-state index contributed by atoms with van der Waals surface area (Å²) in [6, 6.07) is 13.4. The molecule has 0 amide bonds. The average molecular weight is 279 g/mol. The molecule has 102 valence electrons. The zero-order valence-electron chi connectivity index (χ0n) is 10.7. The standard InChI is InChI=1S/C14H17NO3S/c1-19(16,17)11-9-15-14(13-8-5-10-18-13)12-6-3-2-4-7-12/h2-8,10,14-15H,9,11H2,1H3. The molecule has 19 heavy (non-hydrogen) atoms. The van der Waals surface area contributed by atoms with Crippen LogP contribution in [0.3, 0.4) is 0 Å². The Labute approximate surface area is 113 Å². The van der Waals surface area contributed by atoms with Gasteiger partial charge in [-0.25, -0.2) is 8.42 Å². The summed E-state index contributed by atoms with van der Waals surface area (Å²) in [6.07, 6.45) is 2.85. The van der Waals surface area contributed by atoms with Gasteiger partial charge in [0.1, 0.15) is 15.6 Å². The minimum Gasteiger partial charge on any atom is -0.467 e. The quantitative estimate of drug-likeness (QED) is 0.878. The van der Waals surface area contributed by atoms with Gasteiger partial charge < -0.3 is 9.73 Å². The van der Waals surface area contributed by atoms with Gasteiger partial charge in [0.25, 0.3) is 0 Å². The van der Waals surface area contributed by atoms with Gasteiger partial charge in [0.05, 0.1) is 18.1 Å². The zero-order chi connectivity index (χ0) is 13.7. The molecule has 0 bridgehead atoms. The minimum absolute atomic E-state index is 0.108. The zero-order valence-corrected chi connectivity index (χ0v) is 11.6. The Kier molecular flexibility index (Phi) is 4.39. The van der Waals surface area contributed by atoms with Crippen LogP contribution in [-0.2, 0) is 9.84 Å². The van der Waals surface area contributed by atoms with E-state index in [0.717, 1.165) is 11.3 Å². The summed E-state index contributed by atoms with van der Waals surface area (Å²) >= 11 is 0. The van der Waals surface area contributed by atoms with Crippen LogP contribution in [0.1, 0.15) is 17.4 Å². The van der Waals surface area contributed by atoms with Gasteiger partial charge in [-0.1, -0.05) is 30.3 Å². The van der Waals surface area contributed by atoms with Crippen molar-refractivity contribution in [2.24, 2.45) is 0 Å². The van der Waals surface area contributed by atoms with Crippen molar-refractivity contribution in [3.05, 3.63) is 60.1 Å². The van der Waals surface area contributed by atoms with Crippen molar-refractivity contribution in [3.63, 3.8) is 0 Å². The molecule has 5 heteroatoms. The average Bonchev–Trinajstić information content (AvgIpc) is 2.88. The number of furan rings is 1. The molecule has 0 saturated heterocycles. The smallest absolute Gasteiger partial charge is 0.148 e. The SMILES string of the molecule is CS(=O)(=O)CCNC(c1ccccc1)c1ccco1. The van der Waals surface area contributed by atoms with Crippen LogP contribution in [0.4, 0.5) is 0 Å². The first-order valence-electron chi connectivity index (χ1n) is 6.06. The van der Waals surface area contributed by atoms with Crippen molar-refractivity contribution >= 4 is 9.84 Å². The Balaban J connectivity index is 2.12. The van der Waals surface area contributed by atoms with Gasteiger partial charge in [0.15, 0.2) is 0 Å². The Morgan fingerprint density at radius 2 is 1.89 bits per heavy atom. The van der Waals surface area contributed by atoms with E-state index in [1.165, 1.54) is 6.26 Å². The summed E-state index contributed by atoms with van der Waals surface area (Å²) in [7, 11) is -2.96. The molecule has 1 atom stereocenters. The van der Waals surface area contributed by atoms with Gasteiger partial charge in [0.2, 0.25) is 0 Å². The van der Waals surface area contributed by atoms with E-state index >= 15 is 0 Å². The van der Waals surface area contributed by atoms with Crippen LogP contribution in [0, 0.1) is 0 Å². The first kappa shape index (κ1) is 13.8. The van der Waals surface area contributed by atoms with E-state index in [0.29, 0.717) is 6.54 Å². The molecule has 1 aromatic heterocycles. The third-order valence-corrected chi connectivity index (χ3v) is 3.73. The number of benzene rings is 1. The molecule has 1 unspecified atom stereocenters. The summed E-state index contributed by atoms with van der Waals surface area (Å²) < 4.78 is 27.8. The molecule has 0 aliphatic rings. The van der Waals surface area contributed by atoms with Gasteiger partial charge in [-0.15, -0.1) is 0 Å². The number of hydrogen-bond acceptors (Lipinski definition) is 4. The first-order chi connectivity index (χ1) is 9.06. The molecule has 1 aromatic carbocycles. The fourth-order valence-electron chi connectivity index (χ4n) is 1.87. The molecule has 2 aromatic rings. The monoisotopic (exact) mass is 279 g/mol. The van der Waals surface area contributed by atoms with Crippen molar-refractivity contribution in [1.29, 1.82) is 0 Å². The molecule has 0 aliphatic carbocycles. The lowest BCUT2D eigenvalue weighted by Gasteiger charge is -2.16. The molecule has 1 N–H and O–H groups in total. The Bertz CT molecular complexity index is 591. The highest BCUT2D eigenvalue weighted by Gasteiger charge is 2.16. The molecule has 0 spiro atoms. The summed E-state index contributed by atoms with van der Waals surface area (Å²) in [6.45, 7) is 0.388. The van der Waals surface area contributed by atoms with Crippen LogP contribution in [0.15, 0.2) is 53.1 Å². The lowest BCUT2D eigenvalue weighted by Crippen LogP contribution is -2.27. The third kappa shape index (κ3) is 4.22. The first-order valence-corrected chi connectivity index (χ1v) is 8.12. The Morgan fingerprint density at radius 3 is 2.47 bits per heavy atom. The highest BCUT2D eigenvalue weighted by Crippen LogP contribution is 2.21. The molecule has 0 saturated carbocycles. The molecule has 0 fully saturated rings. The fourth-order valence-corrected chi connectivity index (χ4v) is 2.36. The largest absolute Gasteiger partial charge is 0.467 e. The highest BCUT2D eigenvalue weighted by molar-refractivity contribution is 7.90. The van der Waals surface area contributed by atoms with Gasteiger partial charge in [-0.05, 0) is 17.7 Å². The minimum atomic E-state index is -2.96. The van der Waals surface area contributed by atoms with E-state index in [9.17, 15) is 8.42 Å². The van der Waals surface area contributed by atoms with Crippen molar-refractivity contribution in [3.8, 4) is 0 Å². The maximum absolute atomic E-state index is 11.2. The van der Waals surface area contributed by atoms with Crippen LogP contribution >= 0.6 is 0 Å². The predicted molar refractivity (Wildman–Crippen MR) is 74.7 cm³/mol. The topological polar surface area (TPSA) is 59.3 Å². The van der Waals surface area contributed by atoms with Crippen LogP contribution in [0.2, 0.25) is 0 Å². The third-order valence-electron chi connectivity index (χ3n) is 2.78. The molecule has 4 nitrogen and oxygen atoms in total.